The van der Waals surface area contributed by atoms with Crippen LogP contribution in [-0.2, 0) is 14.8 Å². The molecule has 0 aliphatic carbocycles. The van der Waals surface area contributed by atoms with Gasteiger partial charge in [0.1, 0.15) is 0 Å². The number of ether oxygens (including phenoxy) is 1. The number of nitrogens with two attached hydrogens (primary N) is 1. The van der Waals surface area contributed by atoms with E-state index in [-0.39, 0.29) is 10.5 Å². The number of hydrogen-bond acceptors (Lipinski definition) is 4. The maximum atomic E-state index is 12.3. The van der Waals surface area contributed by atoms with Crippen molar-refractivity contribution in [3.8, 4) is 0 Å². The molecule has 6 nitrogen and oxygen atoms in total. The van der Waals surface area contributed by atoms with Crippen LogP contribution in [0.5, 0.6) is 0 Å². The standard InChI is InChI=1S/C13H19BrN2O4S/c1-8-10(14)5-9(6-11(8)21(15,18)19)12(17)16-13(2,3)7-20-4/h5-6H,7H2,1-4H3,(H,16,17)(H2,15,18,19). The number of carbonyl (C=O) groups is 1. The number of halogens is 1. The van der Waals surface area contributed by atoms with Crippen LogP contribution < -0.4 is 10.5 Å². The highest BCUT2D eigenvalue weighted by molar-refractivity contribution is 9.10. The third-order valence-corrected chi connectivity index (χ3v) is 4.68. The van der Waals surface area contributed by atoms with E-state index in [9.17, 15) is 13.2 Å². The van der Waals surface area contributed by atoms with Crippen LogP contribution in [0.15, 0.2) is 21.5 Å². The number of sulfonamides is 1. The van der Waals surface area contributed by atoms with E-state index in [0.717, 1.165) is 0 Å². The predicted molar refractivity (Wildman–Crippen MR) is 83.7 cm³/mol. The average Bonchev–Trinajstić information content (AvgIpc) is 2.29. The Morgan fingerprint density at radius 3 is 2.48 bits per heavy atom. The Morgan fingerprint density at radius 2 is 2.00 bits per heavy atom. The molecular formula is C13H19BrN2O4S. The maximum Gasteiger partial charge on any atom is 0.251 e. The molecule has 0 radical (unpaired) electrons. The predicted octanol–water partition coefficient (Wildman–Crippen LogP) is 1.56. The number of hydrogen-bond donors (Lipinski definition) is 2. The zero-order valence-corrected chi connectivity index (χ0v) is 14.8. The number of primary sulfonamides is 1. The Bertz CT molecular complexity index is 656. The van der Waals surface area contributed by atoms with Crippen LogP contribution in [0.25, 0.3) is 0 Å². The fourth-order valence-corrected chi connectivity index (χ4v) is 3.28. The van der Waals surface area contributed by atoms with E-state index < -0.39 is 21.5 Å². The largest absolute Gasteiger partial charge is 0.382 e. The molecule has 3 N–H and O–H groups in total. The van der Waals surface area contributed by atoms with Gasteiger partial charge in [-0.2, -0.15) is 0 Å². The van der Waals surface area contributed by atoms with Crippen molar-refractivity contribution in [2.45, 2.75) is 31.2 Å². The van der Waals surface area contributed by atoms with Crippen molar-refractivity contribution in [2.24, 2.45) is 5.14 Å². The second-order valence-corrected chi connectivity index (χ2v) is 7.78. The third kappa shape index (κ3) is 4.77. The van der Waals surface area contributed by atoms with Crippen LogP contribution in [0.1, 0.15) is 29.8 Å². The molecule has 118 valence electrons. The van der Waals surface area contributed by atoms with Crippen molar-refractivity contribution in [3.63, 3.8) is 0 Å². The quantitative estimate of drug-likeness (QED) is 0.811. The summed E-state index contributed by atoms with van der Waals surface area (Å²) in [5, 5.41) is 7.95. The Kier molecular flexibility index (Phi) is 5.54. The number of rotatable bonds is 5. The van der Waals surface area contributed by atoms with Gasteiger partial charge in [-0.05, 0) is 38.5 Å². The molecule has 0 saturated carbocycles. The molecule has 0 fully saturated rings. The van der Waals surface area contributed by atoms with Crippen molar-refractivity contribution in [2.75, 3.05) is 13.7 Å². The monoisotopic (exact) mass is 378 g/mol. The lowest BCUT2D eigenvalue weighted by Gasteiger charge is -2.25. The lowest BCUT2D eigenvalue weighted by Crippen LogP contribution is -2.46. The molecular weight excluding hydrogens is 360 g/mol. The molecule has 0 aliphatic heterocycles. The number of methoxy groups -OCH3 is 1. The maximum absolute atomic E-state index is 12.3. The van der Waals surface area contributed by atoms with Gasteiger partial charge in [-0.15, -0.1) is 0 Å². The SMILES string of the molecule is COCC(C)(C)NC(=O)c1cc(Br)c(C)c(S(N)(=O)=O)c1. The Morgan fingerprint density at radius 1 is 1.43 bits per heavy atom. The normalized spacial score (nSPS) is 12.3. The summed E-state index contributed by atoms with van der Waals surface area (Å²) in [7, 11) is -2.36. The van der Waals surface area contributed by atoms with Gasteiger partial charge in [0.2, 0.25) is 10.0 Å². The zero-order chi connectivity index (χ0) is 16.4. The first-order valence-electron chi connectivity index (χ1n) is 6.12. The van der Waals surface area contributed by atoms with Crippen molar-refractivity contribution in [1.82, 2.24) is 5.32 Å². The fourth-order valence-electron chi connectivity index (χ4n) is 1.86. The molecule has 1 rings (SSSR count). The van der Waals surface area contributed by atoms with E-state index in [4.69, 9.17) is 9.88 Å². The molecule has 21 heavy (non-hydrogen) atoms. The summed E-state index contributed by atoms with van der Waals surface area (Å²) < 4.78 is 28.7. The summed E-state index contributed by atoms with van der Waals surface area (Å²) in [4.78, 5) is 12.2. The molecule has 0 atom stereocenters. The summed E-state index contributed by atoms with van der Waals surface area (Å²) in [6.07, 6.45) is 0. The van der Waals surface area contributed by atoms with E-state index >= 15 is 0 Å². The highest BCUT2D eigenvalue weighted by atomic mass is 79.9. The van der Waals surface area contributed by atoms with Gasteiger partial charge >= 0.3 is 0 Å². The van der Waals surface area contributed by atoms with Gasteiger partial charge in [-0.25, -0.2) is 13.6 Å². The molecule has 1 aromatic rings. The molecule has 0 bridgehead atoms. The van der Waals surface area contributed by atoms with E-state index in [1.807, 2.05) is 0 Å². The molecule has 0 aromatic heterocycles. The van der Waals surface area contributed by atoms with Crippen molar-refractivity contribution < 1.29 is 17.9 Å². The van der Waals surface area contributed by atoms with E-state index in [2.05, 4.69) is 21.2 Å². The summed E-state index contributed by atoms with van der Waals surface area (Å²) in [5.41, 5.74) is 0.0937. The van der Waals surface area contributed by atoms with Gasteiger partial charge in [-0.1, -0.05) is 15.9 Å². The highest BCUT2D eigenvalue weighted by Crippen LogP contribution is 2.25. The molecule has 1 aromatic carbocycles. The average molecular weight is 379 g/mol. The molecule has 0 heterocycles. The van der Waals surface area contributed by atoms with Crippen LogP contribution in [0, 0.1) is 6.92 Å². The third-order valence-electron chi connectivity index (χ3n) is 2.82. The summed E-state index contributed by atoms with van der Waals surface area (Å²) in [5.74, 6) is -0.400. The molecule has 1 amide bonds. The Labute approximate surface area is 133 Å². The first-order chi connectivity index (χ1) is 9.48. The molecule has 0 aliphatic rings. The van der Waals surface area contributed by atoms with E-state index in [1.165, 1.54) is 13.2 Å². The topological polar surface area (TPSA) is 98.5 Å². The zero-order valence-electron chi connectivity index (χ0n) is 12.4. The lowest BCUT2D eigenvalue weighted by atomic mass is 10.1. The number of nitrogens with one attached hydrogen (secondary N) is 1. The van der Waals surface area contributed by atoms with Crippen molar-refractivity contribution in [3.05, 3.63) is 27.7 Å². The van der Waals surface area contributed by atoms with Gasteiger partial charge in [-0.3, -0.25) is 4.79 Å². The first kappa shape index (κ1) is 18.1. The Balaban J connectivity index is 3.21. The van der Waals surface area contributed by atoms with E-state index in [0.29, 0.717) is 16.6 Å². The molecule has 8 heteroatoms. The minimum atomic E-state index is -3.90. The van der Waals surface area contributed by atoms with Gasteiger partial charge < -0.3 is 10.1 Å². The number of carbonyl (C=O) groups excluding carboxylic acids is 1. The minimum Gasteiger partial charge on any atom is -0.382 e. The summed E-state index contributed by atoms with van der Waals surface area (Å²) in [6, 6.07) is 2.83. The van der Waals surface area contributed by atoms with Crippen LogP contribution in [-0.4, -0.2) is 33.6 Å². The second-order valence-electron chi connectivity index (χ2n) is 5.40. The molecule has 0 saturated heterocycles. The van der Waals surface area contributed by atoms with Crippen LogP contribution in [0.4, 0.5) is 0 Å². The minimum absolute atomic E-state index is 0.0772. The van der Waals surface area contributed by atoms with Gasteiger partial charge in [0, 0.05) is 17.1 Å². The second kappa shape index (κ2) is 6.43. The van der Waals surface area contributed by atoms with Crippen LogP contribution >= 0.6 is 15.9 Å². The highest BCUT2D eigenvalue weighted by Gasteiger charge is 2.23. The molecule has 0 unspecified atom stereocenters. The van der Waals surface area contributed by atoms with Crippen molar-refractivity contribution in [1.29, 1.82) is 0 Å². The van der Waals surface area contributed by atoms with Gasteiger partial charge in [0.25, 0.3) is 5.91 Å². The smallest absolute Gasteiger partial charge is 0.251 e. The van der Waals surface area contributed by atoms with Crippen molar-refractivity contribution >= 4 is 31.9 Å². The lowest BCUT2D eigenvalue weighted by molar-refractivity contribution is 0.0819. The number of benzene rings is 1. The van der Waals surface area contributed by atoms with Crippen LogP contribution in [0.2, 0.25) is 0 Å². The molecule has 0 spiro atoms. The number of amides is 1. The van der Waals surface area contributed by atoms with Gasteiger partial charge in [0.15, 0.2) is 0 Å². The van der Waals surface area contributed by atoms with Crippen LogP contribution in [0.3, 0.4) is 0 Å². The summed E-state index contributed by atoms with van der Waals surface area (Å²) in [6.45, 7) is 5.55. The first-order valence-corrected chi connectivity index (χ1v) is 8.46. The Hall–Kier alpha value is -0.960. The fraction of sp³-hybridized carbons (Fsp3) is 0.462. The van der Waals surface area contributed by atoms with E-state index in [1.54, 1.807) is 26.8 Å². The summed E-state index contributed by atoms with van der Waals surface area (Å²) >= 11 is 3.24. The van der Waals surface area contributed by atoms with Gasteiger partial charge in [0.05, 0.1) is 17.0 Å².